The van der Waals surface area contributed by atoms with Gasteiger partial charge in [0.2, 0.25) is 0 Å². The molecule has 1 amide bonds. The number of carbonyl (C=O) groups is 1. The number of carbonyl (C=O) groups excluding carboxylic acids is 1. The van der Waals surface area contributed by atoms with Gasteiger partial charge in [0.1, 0.15) is 5.82 Å². The fourth-order valence-corrected chi connectivity index (χ4v) is 3.50. The number of nitrogens with one attached hydrogen (secondary N) is 1. The highest BCUT2D eigenvalue weighted by Crippen LogP contribution is 2.27. The molecule has 1 unspecified atom stereocenters. The van der Waals surface area contributed by atoms with Crippen LogP contribution in [0.3, 0.4) is 0 Å². The minimum absolute atomic E-state index is 0.0326. The number of hydrogen-bond donors (Lipinski definition) is 1. The second-order valence-electron chi connectivity index (χ2n) is 6.34. The van der Waals surface area contributed by atoms with Gasteiger partial charge in [-0.15, -0.1) is 0 Å². The molecule has 1 atom stereocenters. The van der Waals surface area contributed by atoms with E-state index in [9.17, 15) is 4.79 Å². The Morgan fingerprint density at radius 2 is 2.26 bits per heavy atom. The van der Waals surface area contributed by atoms with Gasteiger partial charge in [-0.05, 0) is 20.3 Å². The van der Waals surface area contributed by atoms with Crippen LogP contribution in [0.2, 0.25) is 0 Å². The summed E-state index contributed by atoms with van der Waals surface area (Å²) >= 11 is 0. The van der Waals surface area contributed by atoms with Crippen molar-refractivity contribution in [3.05, 3.63) is 34.7 Å². The SMILES string of the molecule is Cc1nc2n(c1C)CCN(C(=O)c1cn[nH]c1C1CCOC1)C2. The first-order valence-electron chi connectivity index (χ1n) is 8.08. The molecule has 1 saturated heterocycles. The highest BCUT2D eigenvalue weighted by molar-refractivity contribution is 5.95. The number of amides is 1. The standard InChI is InChI=1S/C16H21N5O2/c1-10-11(2)21-5-4-20(8-14(21)18-10)16(22)13-7-17-19-15(13)12-3-6-23-9-12/h7,12H,3-6,8-9H2,1-2H3,(H,17,19). The second-order valence-corrected chi connectivity index (χ2v) is 6.34. The highest BCUT2D eigenvalue weighted by atomic mass is 16.5. The number of rotatable bonds is 2. The number of hydrogen-bond acceptors (Lipinski definition) is 4. The average molecular weight is 315 g/mol. The number of nitrogens with zero attached hydrogens (tertiary/aromatic N) is 4. The Hall–Kier alpha value is -2.15. The van der Waals surface area contributed by atoms with Crippen molar-refractivity contribution in [2.75, 3.05) is 19.8 Å². The number of fused-ring (bicyclic) bond motifs is 1. The zero-order chi connectivity index (χ0) is 16.0. The molecule has 0 bridgehead atoms. The van der Waals surface area contributed by atoms with Crippen molar-refractivity contribution >= 4 is 5.91 Å². The first-order chi connectivity index (χ1) is 11.1. The van der Waals surface area contributed by atoms with Gasteiger partial charge in [-0.1, -0.05) is 0 Å². The largest absolute Gasteiger partial charge is 0.381 e. The number of H-pyrrole nitrogens is 1. The lowest BCUT2D eigenvalue weighted by Gasteiger charge is -2.28. The van der Waals surface area contributed by atoms with Gasteiger partial charge >= 0.3 is 0 Å². The maximum Gasteiger partial charge on any atom is 0.257 e. The number of aromatic amines is 1. The molecule has 122 valence electrons. The molecule has 2 aromatic rings. The van der Waals surface area contributed by atoms with Crippen LogP contribution < -0.4 is 0 Å². The third-order valence-corrected chi connectivity index (χ3v) is 4.99. The van der Waals surface area contributed by atoms with Crippen molar-refractivity contribution < 1.29 is 9.53 Å². The van der Waals surface area contributed by atoms with E-state index in [-0.39, 0.29) is 11.8 Å². The average Bonchev–Trinajstić information content (AvgIpc) is 3.27. The van der Waals surface area contributed by atoms with Gasteiger partial charge in [-0.25, -0.2) is 4.98 Å². The van der Waals surface area contributed by atoms with Crippen molar-refractivity contribution in [1.29, 1.82) is 0 Å². The Morgan fingerprint density at radius 3 is 3.04 bits per heavy atom. The summed E-state index contributed by atoms with van der Waals surface area (Å²) in [5, 5.41) is 7.10. The summed E-state index contributed by atoms with van der Waals surface area (Å²) in [4.78, 5) is 19.4. The Labute approximate surface area is 134 Å². The first-order valence-corrected chi connectivity index (χ1v) is 8.08. The van der Waals surface area contributed by atoms with E-state index in [1.165, 1.54) is 5.69 Å². The third-order valence-electron chi connectivity index (χ3n) is 4.99. The van der Waals surface area contributed by atoms with Gasteiger partial charge < -0.3 is 14.2 Å². The van der Waals surface area contributed by atoms with Gasteiger partial charge in [0.05, 0.1) is 36.3 Å². The predicted molar refractivity (Wildman–Crippen MR) is 83.2 cm³/mol. The van der Waals surface area contributed by atoms with Crippen LogP contribution in [0.15, 0.2) is 6.20 Å². The summed E-state index contributed by atoms with van der Waals surface area (Å²) < 4.78 is 7.65. The minimum Gasteiger partial charge on any atom is -0.381 e. The van der Waals surface area contributed by atoms with Crippen LogP contribution in [0.4, 0.5) is 0 Å². The van der Waals surface area contributed by atoms with Crippen LogP contribution in [0.1, 0.15) is 45.6 Å². The molecule has 4 heterocycles. The summed E-state index contributed by atoms with van der Waals surface area (Å²) in [6.07, 6.45) is 2.58. The molecule has 2 aromatic heterocycles. The van der Waals surface area contributed by atoms with Crippen LogP contribution in [0, 0.1) is 13.8 Å². The molecule has 1 N–H and O–H groups in total. The molecule has 1 fully saturated rings. The molecule has 4 rings (SSSR count). The Kier molecular flexibility index (Phi) is 3.45. The molecule has 2 aliphatic heterocycles. The van der Waals surface area contributed by atoms with Gasteiger partial charge in [-0.2, -0.15) is 5.10 Å². The van der Waals surface area contributed by atoms with E-state index in [2.05, 4.69) is 26.7 Å². The highest BCUT2D eigenvalue weighted by Gasteiger charge is 2.30. The summed E-state index contributed by atoms with van der Waals surface area (Å²) in [5.41, 5.74) is 3.82. The van der Waals surface area contributed by atoms with E-state index in [1.54, 1.807) is 6.20 Å². The Balaban J connectivity index is 1.57. The van der Waals surface area contributed by atoms with Gasteiger partial charge in [0, 0.05) is 31.3 Å². The minimum atomic E-state index is 0.0326. The van der Waals surface area contributed by atoms with Crippen molar-refractivity contribution in [2.45, 2.75) is 39.3 Å². The molecule has 7 nitrogen and oxygen atoms in total. The monoisotopic (exact) mass is 315 g/mol. The third kappa shape index (κ3) is 2.35. The molecular weight excluding hydrogens is 294 g/mol. The maximum absolute atomic E-state index is 12.9. The van der Waals surface area contributed by atoms with E-state index in [1.807, 2.05) is 11.8 Å². The van der Waals surface area contributed by atoms with E-state index < -0.39 is 0 Å². The fourth-order valence-electron chi connectivity index (χ4n) is 3.50. The molecular formula is C16H21N5O2. The van der Waals surface area contributed by atoms with Crippen molar-refractivity contribution in [3.8, 4) is 0 Å². The molecule has 7 heteroatoms. The van der Waals surface area contributed by atoms with E-state index >= 15 is 0 Å². The fraction of sp³-hybridized carbons (Fsp3) is 0.562. The number of aryl methyl sites for hydroxylation is 1. The van der Waals surface area contributed by atoms with Gasteiger partial charge in [0.15, 0.2) is 0 Å². The molecule has 0 saturated carbocycles. The number of ether oxygens (including phenoxy) is 1. The van der Waals surface area contributed by atoms with E-state index in [0.29, 0.717) is 25.3 Å². The quantitative estimate of drug-likeness (QED) is 0.908. The summed E-state index contributed by atoms with van der Waals surface area (Å²) in [6, 6.07) is 0. The molecule has 0 radical (unpaired) electrons. The summed E-state index contributed by atoms with van der Waals surface area (Å²) in [6.45, 7) is 7.56. The molecule has 0 aromatic carbocycles. The molecule has 23 heavy (non-hydrogen) atoms. The molecule has 0 spiro atoms. The molecule has 2 aliphatic rings. The van der Waals surface area contributed by atoms with Crippen LogP contribution in [0.25, 0.3) is 0 Å². The predicted octanol–water partition coefficient (Wildman–Crippen LogP) is 1.38. The lowest BCUT2D eigenvalue weighted by molar-refractivity contribution is 0.0705. The lowest BCUT2D eigenvalue weighted by Crippen LogP contribution is -2.39. The van der Waals surface area contributed by atoms with Crippen LogP contribution in [-0.2, 0) is 17.8 Å². The maximum atomic E-state index is 12.9. The summed E-state index contributed by atoms with van der Waals surface area (Å²) in [5.74, 6) is 1.24. The zero-order valence-corrected chi connectivity index (χ0v) is 13.5. The number of aromatic nitrogens is 4. The first kappa shape index (κ1) is 14.4. The summed E-state index contributed by atoms with van der Waals surface area (Å²) in [7, 11) is 0. The van der Waals surface area contributed by atoms with Crippen LogP contribution in [0.5, 0.6) is 0 Å². The van der Waals surface area contributed by atoms with Crippen molar-refractivity contribution in [2.24, 2.45) is 0 Å². The van der Waals surface area contributed by atoms with Crippen molar-refractivity contribution in [3.63, 3.8) is 0 Å². The van der Waals surface area contributed by atoms with Crippen LogP contribution in [-0.4, -0.2) is 50.3 Å². The smallest absolute Gasteiger partial charge is 0.257 e. The number of imidazole rings is 1. The second kappa shape index (κ2) is 5.49. The van der Waals surface area contributed by atoms with Crippen molar-refractivity contribution in [1.82, 2.24) is 24.6 Å². The molecule has 0 aliphatic carbocycles. The van der Waals surface area contributed by atoms with Gasteiger partial charge in [0.25, 0.3) is 5.91 Å². The van der Waals surface area contributed by atoms with Crippen LogP contribution >= 0.6 is 0 Å². The topological polar surface area (TPSA) is 76.0 Å². The lowest BCUT2D eigenvalue weighted by atomic mass is 10.0. The Morgan fingerprint density at radius 1 is 1.39 bits per heavy atom. The zero-order valence-electron chi connectivity index (χ0n) is 13.5. The van der Waals surface area contributed by atoms with E-state index in [4.69, 9.17) is 4.74 Å². The van der Waals surface area contributed by atoms with Gasteiger partial charge in [-0.3, -0.25) is 9.89 Å². The Bertz CT molecular complexity index is 742. The normalized spacial score (nSPS) is 20.8. The van der Waals surface area contributed by atoms with E-state index in [0.717, 1.165) is 36.8 Å².